The number of aliphatic imine (C=N–C) groups is 1. The van der Waals surface area contributed by atoms with Crippen molar-refractivity contribution < 1.29 is 4.58 Å². The minimum atomic E-state index is 0.664. The summed E-state index contributed by atoms with van der Waals surface area (Å²) in [6.07, 6.45) is 7.90. The van der Waals surface area contributed by atoms with Gasteiger partial charge in [-0.15, -0.1) is 0 Å². The van der Waals surface area contributed by atoms with Crippen LogP contribution in [-0.4, -0.2) is 85.6 Å². The van der Waals surface area contributed by atoms with Gasteiger partial charge >= 0.3 is 5.96 Å². The molecule has 0 N–H and O–H groups in total. The predicted molar refractivity (Wildman–Crippen MR) is 89.0 cm³/mol. The van der Waals surface area contributed by atoms with Gasteiger partial charge in [-0.05, 0) is 43.5 Å². The third kappa shape index (κ3) is 3.50. The molecule has 0 aromatic rings. The summed E-state index contributed by atoms with van der Waals surface area (Å²) in [5, 5.41) is 0. The average molecular weight is 294 g/mol. The predicted octanol–water partition coefficient (Wildman–Crippen LogP) is 1.50. The Morgan fingerprint density at radius 3 is 1.76 bits per heavy atom. The summed E-state index contributed by atoms with van der Waals surface area (Å²) in [6, 6.07) is 1.33. The number of nitrogens with zero attached hydrogens (tertiary/aromatic N) is 5. The maximum Gasteiger partial charge on any atom is 0.392 e. The normalized spacial score (nSPS) is 20.1. The van der Waals surface area contributed by atoms with E-state index in [1.54, 1.807) is 0 Å². The summed E-state index contributed by atoms with van der Waals surface area (Å²) < 4.78 is 2.40. The van der Waals surface area contributed by atoms with Crippen molar-refractivity contribution in [2.24, 2.45) is 4.99 Å². The molecule has 0 aromatic heterocycles. The third-order valence-electron chi connectivity index (χ3n) is 4.88. The molecular formula is C16H32N5+. The van der Waals surface area contributed by atoms with Crippen molar-refractivity contribution >= 4 is 11.9 Å². The molecule has 0 spiro atoms. The molecule has 2 saturated carbocycles. The molecule has 0 heterocycles. The lowest BCUT2D eigenvalue weighted by Gasteiger charge is -2.34. The van der Waals surface area contributed by atoms with Gasteiger partial charge in [0.05, 0.1) is 26.2 Å². The molecule has 5 nitrogen and oxygen atoms in total. The summed E-state index contributed by atoms with van der Waals surface area (Å²) in [4.78, 5) is 11.6. The van der Waals surface area contributed by atoms with Crippen LogP contribution in [0.1, 0.15) is 38.5 Å². The van der Waals surface area contributed by atoms with Gasteiger partial charge < -0.3 is 9.80 Å². The highest BCUT2D eigenvalue weighted by atomic mass is 15.4. The monoisotopic (exact) mass is 294 g/mol. The average Bonchev–Trinajstić information content (AvgIpc) is 2.23. The summed E-state index contributed by atoms with van der Waals surface area (Å²) in [7, 11) is 12.7. The van der Waals surface area contributed by atoms with Gasteiger partial charge in [0, 0.05) is 28.2 Å². The fourth-order valence-corrected chi connectivity index (χ4v) is 2.97. The number of hydrogen-bond acceptors (Lipinski definition) is 0. The van der Waals surface area contributed by atoms with Crippen LogP contribution in [0, 0.1) is 0 Å². The highest BCUT2D eigenvalue weighted by molar-refractivity contribution is 5.92. The van der Waals surface area contributed by atoms with E-state index in [0.717, 1.165) is 11.9 Å². The van der Waals surface area contributed by atoms with Crippen molar-refractivity contribution in [3.8, 4) is 0 Å². The molecule has 0 amide bonds. The van der Waals surface area contributed by atoms with Crippen LogP contribution in [0.5, 0.6) is 0 Å². The fraction of sp³-hybridized carbons (Fsp3) is 0.875. The topological polar surface area (TPSA) is 25.1 Å². The van der Waals surface area contributed by atoms with E-state index < -0.39 is 0 Å². The highest BCUT2D eigenvalue weighted by Gasteiger charge is 2.34. The van der Waals surface area contributed by atoms with E-state index >= 15 is 0 Å². The zero-order valence-corrected chi connectivity index (χ0v) is 14.6. The Kier molecular flexibility index (Phi) is 5.12. The molecule has 5 heteroatoms. The molecule has 2 fully saturated rings. The molecule has 0 atom stereocenters. The van der Waals surface area contributed by atoms with E-state index in [9.17, 15) is 0 Å². The van der Waals surface area contributed by atoms with Crippen molar-refractivity contribution in [3.63, 3.8) is 0 Å². The Balaban J connectivity index is 2.32. The molecule has 2 aliphatic carbocycles. The highest BCUT2D eigenvalue weighted by Crippen LogP contribution is 2.26. The van der Waals surface area contributed by atoms with Gasteiger partial charge in [0.15, 0.2) is 0 Å². The first-order valence-corrected chi connectivity index (χ1v) is 8.17. The Bertz CT molecular complexity index is 406. The van der Waals surface area contributed by atoms with Gasteiger partial charge in [-0.1, -0.05) is 0 Å². The Hall–Kier alpha value is -1.26. The summed E-state index contributed by atoms with van der Waals surface area (Å²) in [5.41, 5.74) is 0. The van der Waals surface area contributed by atoms with Gasteiger partial charge in [-0.25, -0.2) is 0 Å². The minimum Gasteiger partial charge on any atom is -0.335 e. The number of guanidine groups is 2. The van der Waals surface area contributed by atoms with Crippen molar-refractivity contribution in [1.29, 1.82) is 0 Å². The molecule has 0 bridgehead atoms. The molecular weight excluding hydrogens is 262 g/mol. The maximum atomic E-state index is 5.02. The van der Waals surface area contributed by atoms with Gasteiger partial charge in [0.1, 0.15) is 0 Å². The van der Waals surface area contributed by atoms with Crippen LogP contribution in [0.2, 0.25) is 0 Å². The second kappa shape index (κ2) is 6.67. The lowest BCUT2D eigenvalue weighted by atomic mass is 9.91. The SMILES string of the molecule is CN(C)C(=N/C(N(C)C1CCC1)=[N+](/C)C1CCC1)N(C)C. The van der Waals surface area contributed by atoms with Crippen molar-refractivity contribution in [2.45, 2.75) is 50.6 Å². The van der Waals surface area contributed by atoms with Gasteiger partial charge in [-0.2, -0.15) is 0 Å². The van der Waals surface area contributed by atoms with Crippen molar-refractivity contribution in [2.75, 3.05) is 42.3 Å². The molecule has 0 aromatic carbocycles. The van der Waals surface area contributed by atoms with E-state index in [1.807, 2.05) is 0 Å². The number of hydrogen-bond donors (Lipinski definition) is 0. The van der Waals surface area contributed by atoms with Crippen LogP contribution in [0.3, 0.4) is 0 Å². The summed E-state index contributed by atoms with van der Waals surface area (Å²) in [5.74, 6) is 2.13. The van der Waals surface area contributed by atoms with Gasteiger partial charge in [-0.3, -0.25) is 9.48 Å². The lowest BCUT2D eigenvalue weighted by molar-refractivity contribution is -0.556. The Labute approximate surface area is 129 Å². The molecule has 0 saturated heterocycles. The molecule has 0 unspecified atom stereocenters. The third-order valence-corrected chi connectivity index (χ3v) is 4.88. The molecule has 21 heavy (non-hydrogen) atoms. The van der Waals surface area contributed by atoms with E-state index in [4.69, 9.17) is 4.99 Å². The first-order valence-electron chi connectivity index (χ1n) is 8.17. The quantitative estimate of drug-likeness (QED) is 0.438. The van der Waals surface area contributed by atoms with Crippen LogP contribution in [0.25, 0.3) is 0 Å². The Morgan fingerprint density at radius 1 is 0.905 bits per heavy atom. The van der Waals surface area contributed by atoms with Crippen LogP contribution >= 0.6 is 0 Å². The van der Waals surface area contributed by atoms with Crippen LogP contribution in [-0.2, 0) is 0 Å². The zero-order chi connectivity index (χ0) is 15.6. The molecule has 0 aliphatic heterocycles. The van der Waals surface area contributed by atoms with Gasteiger partial charge in [0.25, 0.3) is 5.96 Å². The second-order valence-electron chi connectivity index (χ2n) is 6.89. The maximum absolute atomic E-state index is 5.02. The van der Waals surface area contributed by atoms with E-state index in [-0.39, 0.29) is 0 Å². The van der Waals surface area contributed by atoms with Crippen molar-refractivity contribution in [1.82, 2.24) is 14.7 Å². The van der Waals surface area contributed by atoms with E-state index in [2.05, 4.69) is 61.6 Å². The van der Waals surface area contributed by atoms with E-state index in [0.29, 0.717) is 12.1 Å². The van der Waals surface area contributed by atoms with E-state index in [1.165, 1.54) is 38.5 Å². The minimum absolute atomic E-state index is 0.664. The fourth-order valence-electron chi connectivity index (χ4n) is 2.97. The lowest BCUT2D eigenvalue weighted by Crippen LogP contribution is -2.48. The summed E-state index contributed by atoms with van der Waals surface area (Å²) in [6.45, 7) is 0. The van der Waals surface area contributed by atoms with Crippen LogP contribution in [0.15, 0.2) is 4.99 Å². The molecule has 120 valence electrons. The molecule has 2 aliphatic rings. The Morgan fingerprint density at radius 2 is 1.43 bits per heavy atom. The standard InChI is InChI=1S/C16H32N5/c1-18(2)15(19(3)4)17-16(20(5)13-9-7-10-13)21(6)14-11-8-12-14/h13-14H,7-12H2,1-6H3/q+1. The first kappa shape index (κ1) is 16.1. The molecule has 2 rings (SSSR count). The second-order valence-corrected chi connectivity index (χ2v) is 6.89. The smallest absolute Gasteiger partial charge is 0.335 e. The largest absolute Gasteiger partial charge is 0.392 e. The summed E-state index contributed by atoms with van der Waals surface area (Å²) >= 11 is 0. The van der Waals surface area contributed by atoms with Crippen LogP contribution in [0.4, 0.5) is 0 Å². The molecule has 0 radical (unpaired) electrons. The number of rotatable bonds is 2. The van der Waals surface area contributed by atoms with Crippen molar-refractivity contribution in [3.05, 3.63) is 0 Å². The first-order chi connectivity index (χ1) is 9.91. The zero-order valence-electron chi connectivity index (χ0n) is 14.6. The van der Waals surface area contributed by atoms with Crippen LogP contribution < -0.4 is 0 Å². The van der Waals surface area contributed by atoms with Gasteiger partial charge in [0.2, 0.25) is 0 Å².